The second-order valence-corrected chi connectivity index (χ2v) is 3.27. The van der Waals surface area contributed by atoms with E-state index in [2.05, 4.69) is 10.0 Å². The summed E-state index contributed by atoms with van der Waals surface area (Å²) in [5, 5.41) is 3.30. The molecule has 0 N–H and O–H groups in total. The average Bonchev–Trinajstić information content (AvgIpc) is 2.35. The van der Waals surface area contributed by atoms with E-state index in [0.29, 0.717) is 5.56 Å². The number of hydrogen-bond donors (Lipinski definition) is 0. The van der Waals surface area contributed by atoms with E-state index in [1.54, 1.807) is 6.92 Å². The van der Waals surface area contributed by atoms with Gasteiger partial charge in [-0.3, -0.25) is 0 Å². The van der Waals surface area contributed by atoms with Gasteiger partial charge in [0.05, 0.1) is 12.2 Å². The van der Waals surface area contributed by atoms with E-state index < -0.39 is 11.8 Å². The van der Waals surface area contributed by atoms with Crippen LogP contribution in [-0.4, -0.2) is 19.1 Å². The monoisotopic (exact) mass is 249 g/mol. The summed E-state index contributed by atoms with van der Waals surface area (Å²) in [6.07, 6.45) is 3.06. The molecule has 0 unspecified atom stereocenters. The van der Waals surface area contributed by atoms with Gasteiger partial charge in [-0.2, -0.15) is 0 Å². The maximum absolute atomic E-state index is 13.1. The van der Waals surface area contributed by atoms with Crippen LogP contribution in [0.3, 0.4) is 0 Å². The molecule has 0 aliphatic heterocycles. The second kappa shape index (κ2) is 7.09. The van der Waals surface area contributed by atoms with Crippen molar-refractivity contribution in [2.45, 2.75) is 6.92 Å². The Bertz CT molecular complexity index is 508. The van der Waals surface area contributed by atoms with E-state index in [9.17, 15) is 9.18 Å². The van der Waals surface area contributed by atoms with Crippen molar-refractivity contribution in [3.63, 3.8) is 0 Å². The van der Waals surface area contributed by atoms with Crippen molar-refractivity contribution >= 4 is 12.0 Å². The fourth-order valence-corrected chi connectivity index (χ4v) is 1.33. The first kappa shape index (κ1) is 13.7. The smallest absolute Gasteiger partial charge is 0.338 e. The Labute approximate surface area is 104 Å². The molecule has 18 heavy (non-hydrogen) atoms. The number of hydrogen-bond acceptors (Lipinski definition) is 3. The van der Waals surface area contributed by atoms with Crippen molar-refractivity contribution < 1.29 is 13.9 Å². The van der Waals surface area contributed by atoms with E-state index in [4.69, 9.17) is 10.3 Å². The third kappa shape index (κ3) is 3.92. The van der Waals surface area contributed by atoms with E-state index in [-0.39, 0.29) is 18.7 Å². The molecule has 0 heterocycles. The van der Waals surface area contributed by atoms with Crippen LogP contribution in [0.1, 0.15) is 22.8 Å². The van der Waals surface area contributed by atoms with Crippen LogP contribution in [0.2, 0.25) is 0 Å². The Morgan fingerprint density at radius 2 is 2.39 bits per heavy atom. The Hall–Kier alpha value is -2.33. The molecule has 0 saturated heterocycles. The van der Waals surface area contributed by atoms with E-state index in [1.165, 1.54) is 30.4 Å². The molecule has 94 valence electrons. The minimum Gasteiger partial charge on any atom is -0.462 e. The molecule has 5 nitrogen and oxygen atoms in total. The van der Waals surface area contributed by atoms with Crippen molar-refractivity contribution in [2.24, 2.45) is 5.11 Å². The van der Waals surface area contributed by atoms with Gasteiger partial charge in [0.25, 0.3) is 0 Å². The highest BCUT2D eigenvalue weighted by molar-refractivity contribution is 5.93. The van der Waals surface area contributed by atoms with Gasteiger partial charge in [-0.25, -0.2) is 9.18 Å². The molecule has 1 aromatic carbocycles. The van der Waals surface area contributed by atoms with Gasteiger partial charge in [0.15, 0.2) is 0 Å². The topological polar surface area (TPSA) is 75.1 Å². The third-order valence-corrected chi connectivity index (χ3v) is 2.06. The number of ether oxygens (including phenoxy) is 1. The van der Waals surface area contributed by atoms with Crippen LogP contribution in [0, 0.1) is 5.82 Å². The first-order valence-electron chi connectivity index (χ1n) is 5.33. The first-order valence-corrected chi connectivity index (χ1v) is 5.33. The van der Waals surface area contributed by atoms with Crippen molar-refractivity contribution in [1.82, 2.24) is 0 Å². The Kier molecular flexibility index (Phi) is 5.41. The molecule has 0 fully saturated rings. The number of azide groups is 1. The number of benzene rings is 1. The number of rotatable bonds is 5. The number of carbonyl (C=O) groups excluding carboxylic acids is 1. The average molecular weight is 249 g/mol. The normalized spacial score (nSPS) is 10.1. The van der Waals surface area contributed by atoms with Gasteiger partial charge in [-0.15, -0.1) is 0 Å². The van der Waals surface area contributed by atoms with Gasteiger partial charge in [-0.1, -0.05) is 17.3 Å². The van der Waals surface area contributed by atoms with Crippen LogP contribution in [0.25, 0.3) is 16.5 Å². The molecule has 0 radical (unpaired) electrons. The molecule has 0 saturated carbocycles. The van der Waals surface area contributed by atoms with Gasteiger partial charge in [-0.05, 0) is 36.2 Å². The van der Waals surface area contributed by atoms with Gasteiger partial charge >= 0.3 is 5.97 Å². The molecule has 1 aromatic rings. The Balaban J connectivity index is 2.99. The molecule has 1 rings (SSSR count). The highest BCUT2D eigenvalue weighted by Gasteiger charge is 2.11. The lowest BCUT2D eigenvalue weighted by Crippen LogP contribution is -2.06. The van der Waals surface area contributed by atoms with Crippen LogP contribution in [0.5, 0.6) is 0 Å². The highest BCUT2D eigenvalue weighted by Crippen LogP contribution is 2.14. The minimum atomic E-state index is -0.513. The molecule has 0 spiro atoms. The molecule has 0 atom stereocenters. The molecule has 0 amide bonds. The highest BCUT2D eigenvalue weighted by atomic mass is 19.1. The quantitative estimate of drug-likeness (QED) is 0.347. The zero-order valence-corrected chi connectivity index (χ0v) is 9.84. The summed E-state index contributed by atoms with van der Waals surface area (Å²) in [7, 11) is 0. The summed E-state index contributed by atoms with van der Waals surface area (Å²) in [4.78, 5) is 14.2. The predicted octanol–water partition coefficient (Wildman–Crippen LogP) is 3.33. The van der Waals surface area contributed by atoms with Crippen LogP contribution in [0.15, 0.2) is 29.4 Å². The fraction of sp³-hybridized carbons (Fsp3) is 0.250. The zero-order valence-electron chi connectivity index (χ0n) is 9.84. The molecular formula is C12H12FN3O2. The summed E-state index contributed by atoms with van der Waals surface area (Å²) in [5.41, 5.74) is 8.77. The van der Waals surface area contributed by atoms with Crippen LogP contribution in [-0.2, 0) is 4.74 Å². The molecule has 0 aliphatic rings. The third-order valence-electron chi connectivity index (χ3n) is 2.06. The lowest BCUT2D eigenvalue weighted by atomic mass is 10.1. The Morgan fingerprint density at radius 1 is 1.61 bits per heavy atom. The number of carbonyl (C=O) groups is 1. The van der Waals surface area contributed by atoms with Crippen LogP contribution < -0.4 is 0 Å². The van der Waals surface area contributed by atoms with Gasteiger partial charge in [0, 0.05) is 11.5 Å². The standard InChI is InChI=1S/C12H12FN3O2/c1-2-18-12(17)11-6-5-10(13)8-9(11)4-3-7-15-16-14/h3-6,8H,2,7H2,1H3. The maximum atomic E-state index is 13.1. The van der Waals surface area contributed by atoms with Gasteiger partial charge < -0.3 is 4.74 Å². The van der Waals surface area contributed by atoms with Gasteiger partial charge in [0.1, 0.15) is 5.82 Å². The van der Waals surface area contributed by atoms with Crippen LogP contribution in [0.4, 0.5) is 4.39 Å². The van der Waals surface area contributed by atoms with Crippen molar-refractivity contribution in [1.29, 1.82) is 0 Å². The van der Waals surface area contributed by atoms with Crippen LogP contribution >= 0.6 is 0 Å². The van der Waals surface area contributed by atoms with Crippen molar-refractivity contribution in [3.05, 3.63) is 51.7 Å². The zero-order chi connectivity index (χ0) is 13.4. The number of halogens is 1. The van der Waals surface area contributed by atoms with E-state index >= 15 is 0 Å². The predicted molar refractivity (Wildman–Crippen MR) is 65.4 cm³/mol. The lowest BCUT2D eigenvalue weighted by Gasteiger charge is -2.05. The summed E-state index contributed by atoms with van der Waals surface area (Å²) < 4.78 is 18.0. The second-order valence-electron chi connectivity index (χ2n) is 3.27. The van der Waals surface area contributed by atoms with Crippen molar-refractivity contribution in [2.75, 3.05) is 13.2 Å². The molecule has 0 bridgehead atoms. The molecule has 0 aliphatic carbocycles. The number of nitrogens with zero attached hydrogens (tertiary/aromatic N) is 3. The summed E-state index contributed by atoms with van der Waals surface area (Å²) >= 11 is 0. The summed E-state index contributed by atoms with van der Waals surface area (Å²) in [6.45, 7) is 2.08. The molecule has 6 heteroatoms. The molecular weight excluding hydrogens is 237 g/mol. The summed E-state index contributed by atoms with van der Waals surface area (Å²) in [5.74, 6) is -0.965. The first-order chi connectivity index (χ1) is 8.69. The SMILES string of the molecule is CCOC(=O)c1ccc(F)cc1C=CCN=[N+]=[N-]. The van der Waals surface area contributed by atoms with Gasteiger partial charge in [0.2, 0.25) is 0 Å². The minimum absolute atomic E-state index is 0.134. The largest absolute Gasteiger partial charge is 0.462 e. The van der Waals surface area contributed by atoms with Crippen molar-refractivity contribution in [3.8, 4) is 0 Å². The van der Waals surface area contributed by atoms with E-state index in [1.807, 2.05) is 0 Å². The molecule has 0 aromatic heterocycles. The summed E-state index contributed by atoms with van der Waals surface area (Å²) in [6, 6.07) is 3.77. The fourth-order valence-electron chi connectivity index (χ4n) is 1.33. The number of esters is 1. The Morgan fingerprint density at radius 3 is 3.06 bits per heavy atom. The lowest BCUT2D eigenvalue weighted by molar-refractivity contribution is 0.0526. The van der Waals surface area contributed by atoms with E-state index in [0.717, 1.165) is 0 Å². The maximum Gasteiger partial charge on any atom is 0.338 e.